The molecule has 2 N–H and O–H groups in total. The summed E-state index contributed by atoms with van der Waals surface area (Å²) in [4.78, 5) is 15.9. The molecule has 0 bridgehead atoms. The van der Waals surface area contributed by atoms with Gasteiger partial charge < -0.3 is 10.6 Å². The van der Waals surface area contributed by atoms with Crippen molar-refractivity contribution in [1.82, 2.24) is 15.6 Å². The Kier molecular flexibility index (Phi) is 6.19. The summed E-state index contributed by atoms with van der Waals surface area (Å²) in [5.41, 5.74) is 1.83. The molecule has 1 aromatic carbocycles. The zero-order valence-electron chi connectivity index (χ0n) is 12.1. The summed E-state index contributed by atoms with van der Waals surface area (Å²) >= 11 is 12.2. The van der Waals surface area contributed by atoms with Gasteiger partial charge in [-0.05, 0) is 30.2 Å². The van der Waals surface area contributed by atoms with Crippen molar-refractivity contribution >= 4 is 29.1 Å². The molecule has 1 atom stereocenters. The lowest BCUT2D eigenvalue weighted by Gasteiger charge is -2.16. The highest BCUT2D eigenvalue weighted by atomic mass is 35.5. The van der Waals surface area contributed by atoms with Crippen LogP contribution in [0.2, 0.25) is 10.0 Å². The maximum Gasteiger partial charge on any atom is 0.234 e. The lowest BCUT2D eigenvalue weighted by molar-refractivity contribution is -0.120. The maximum absolute atomic E-state index is 11.9. The van der Waals surface area contributed by atoms with Crippen LogP contribution < -0.4 is 10.6 Å². The average Bonchev–Trinajstić information content (AvgIpc) is 2.54. The molecule has 4 nitrogen and oxygen atoms in total. The number of pyridine rings is 1. The fraction of sp³-hybridized carbons (Fsp3) is 0.250. The summed E-state index contributed by atoms with van der Waals surface area (Å²) in [7, 11) is 0. The molecule has 2 rings (SSSR count). The predicted molar refractivity (Wildman–Crippen MR) is 89.0 cm³/mol. The molecule has 0 saturated carbocycles. The molecule has 0 fully saturated rings. The second-order valence-corrected chi connectivity index (χ2v) is 5.67. The van der Waals surface area contributed by atoms with Crippen LogP contribution in [0.1, 0.15) is 24.1 Å². The van der Waals surface area contributed by atoms with Crippen molar-refractivity contribution in [3.63, 3.8) is 0 Å². The Hall–Kier alpha value is -1.62. The first-order valence-corrected chi connectivity index (χ1v) is 7.66. The average molecular weight is 338 g/mol. The fourth-order valence-electron chi connectivity index (χ4n) is 1.98. The Morgan fingerprint density at radius 1 is 1.27 bits per heavy atom. The van der Waals surface area contributed by atoms with Gasteiger partial charge in [0, 0.05) is 25.0 Å². The molecular weight excluding hydrogens is 321 g/mol. The first-order valence-electron chi connectivity index (χ1n) is 6.91. The molecule has 0 aliphatic rings. The number of aromatic nitrogens is 1. The molecule has 0 saturated heterocycles. The molecule has 0 aliphatic carbocycles. The molecular formula is C16H17Cl2N3O. The predicted octanol–water partition coefficient (Wildman–Crippen LogP) is 3.36. The van der Waals surface area contributed by atoms with Gasteiger partial charge in [0.1, 0.15) is 0 Å². The van der Waals surface area contributed by atoms with Crippen LogP contribution in [0.5, 0.6) is 0 Å². The van der Waals surface area contributed by atoms with Gasteiger partial charge in [0.2, 0.25) is 5.91 Å². The highest BCUT2D eigenvalue weighted by Gasteiger charge is 2.12. The van der Waals surface area contributed by atoms with Crippen LogP contribution in [-0.2, 0) is 11.3 Å². The van der Waals surface area contributed by atoms with E-state index in [2.05, 4.69) is 15.6 Å². The summed E-state index contributed by atoms with van der Waals surface area (Å²) in [6, 6.07) is 9.14. The molecule has 1 heterocycles. The van der Waals surface area contributed by atoms with Crippen molar-refractivity contribution in [3.8, 4) is 0 Å². The monoisotopic (exact) mass is 337 g/mol. The quantitative estimate of drug-likeness (QED) is 0.849. The minimum absolute atomic E-state index is 0.0738. The van der Waals surface area contributed by atoms with Gasteiger partial charge >= 0.3 is 0 Å². The SMILES string of the molecule is CC(NCC(=O)NCc1cccnc1)c1cccc(Cl)c1Cl. The second kappa shape index (κ2) is 8.13. The number of carbonyl (C=O) groups is 1. The third-order valence-corrected chi connectivity index (χ3v) is 4.06. The molecule has 1 unspecified atom stereocenters. The summed E-state index contributed by atoms with van der Waals surface area (Å²) in [6.07, 6.45) is 3.42. The fourth-order valence-corrected chi connectivity index (χ4v) is 2.45. The molecule has 1 aromatic heterocycles. The lowest BCUT2D eigenvalue weighted by atomic mass is 10.1. The van der Waals surface area contributed by atoms with Crippen LogP contribution in [0.4, 0.5) is 0 Å². The third kappa shape index (κ3) is 4.70. The molecule has 0 spiro atoms. The first-order chi connectivity index (χ1) is 10.6. The number of nitrogens with one attached hydrogen (secondary N) is 2. The zero-order valence-corrected chi connectivity index (χ0v) is 13.7. The van der Waals surface area contributed by atoms with E-state index >= 15 is 0 Å². The topological polar surface area (TPSA) is 54.0 Å². The second-order valence-electron chi connectivity index (χ2n) is 4.88. The highest BCUT2D eigenvalue weighted by Crippen LogP contribution is 2.29. The molecule has 2 aromatic rings. The number of nitrogens with zero attached hydrogens (tertiary/aromatic N) is 1. The van der Waals surface area contributed by atoms with Gasteiger partial charge in [0.05, 0.1) is 16.6 Å². The van der Waals surface area contributed by atoms with Crippen LogP contribution in [-0.4, -0.2) is 17.4 Å². The van der Waals surface area contributed by atoms with E-state index in [0.717, 1.165) is 11.1 Å². The summed E-state index contributed by atoms with van der Waals surface area (Å²) in [5, 5.41) is 6.99. The number of hydrogen-bond donors (Lipinski definition) is 2. The van der Waals surface area contributed by atoms with Crippen LogP contribution in [0.15, 0.2) is 42.7 Å². The summed E-state index contributed by atoms with van der Waals surface area (Å²) in [5.74, 6) is -0.0890. The molecule has 116 valence electrons. The number of halogens is 2. The van der Waals surface area contributed by atoms with E-state index in [0.29, 0.717) is 16.6 Å². The Bertz CT molecular complexity index is 635. The number of benzene rings is 1. The van der Waals surface area contributed by atoms with E-state index in [1.807, 2.05) is 31.2 Å². The van der Waals surface area contributed by atoms with Crippen LogP contribution in [0, 0.1) is 0 Å². The van der Waals surface area contributed by atoms with E-state index in [1.54, 1.807) is 18.5 Å². The molecule has 0 radical (unpaired) electrons. The molecule has 22 heavy (non-hydrogen) atoms. The first kappa shape index (κ1) is 16.7. The van der Waals surface area contributed by atoms with Gasteiger partial charge in [-0.25, -0.2) is 0 Å². The van der Waals surface area contributed by atoms with E-state index in [-0.39, 0.29) is 18.5 Å². The van der Waals surface area contributed by atoms with E-state index in [1.165, 1.54) is 0 Å². The Morgan fingerprint density at radius 3 is 2.82 bits per heavy atom. The van der Waals surface area contributed by atoms with Gasteiger partial charge in [0.25, 0.3) is 0 Å². The van der Waals surface area contributed by atoms with Crippen molar-refractivity contribution in [2.75, 3.05) is 6.54 Å². The smallest absolute Gasteiger partial charge is 0.234 e. The van der Waals surface area contributed by atoms with Crippen molar-refractivity contribution in [2.45, 2.75) is 19.5 Å². The van der Waals surface area contributed by atoms with Crippen molar-refractivity contribution in [2.24, 2.45) is 0 Å². The van der Waals surface area contributed by atoms with Gasteiger partial charge in [-0.3, -0.25) is 9.78 Å². The van der Waals surface area contributed by atoms with Gasteiger partial charge in [-0.2, -0.15) is 0 Å². The maximum atomic E-state index is 11.9. The number of carbonyl (C=O) groups excluding carboxylic acids is 1. The Balaban J connectivity index is 1.82. The molecule has 6 heteroatoms. The van der Waals surface area contributed by atoms with Crippen LogP contribution >= 0.6 is 23.2 Å². The van der Waals surface area contributed by atoms with Gasteiger partial charge in [0.15, 0.2) is 0 Å². The zero-order chi connectivity index (χ0) is 15.9. The number of hydrogen-bond acceptors (Lipinski definition) is 3. The minimum Gasteiger partial charge on any atom is -0.351 e. The minimum atomic E-state index is -0.0890. The van der Waals surface area contributed by atoms with Crippen molar-refractivity contribution in [3.05, 3.63) is 63.9 Å². The molecule has 1 amide bonds. The Labute approximate surface area is 139 Å². The van der Waals surface area contributed by atoms with E-state index in [4.69, 9.17) is 23.2 Å². The number of rotatable bonds is 6. The summed E-state index contributed by atoms with van der Waals surface area (Å²) in [6.45, 7) is 2.59. The lowest BCUT2D eigenvalue weighted by Crippen LogP contribution is -2.34. The van der Waals surface area contributed by atoms with Crippen molar-refractivity contribution in [1.29, 1.82) is 0 Å². The third-order valence-electron chi connectivity index (χ3n) is 3.23. The standard InChI is InChI=1S/C16H17Cl2N3O/c1-11(13-5-2-6-14(17)16(13)18)20-10-15(22)21-9-12-4-3-7-19-8-12/h2-8,11,20H,9-10H2,1H3,(H,21,22). The normalized spacial score (nSPS) is 12.0. The van der Waals surface area contributed by atoms with E-state index in [9.17, 15) is 4.79 Å². The van der Waals surface area contributed by atoms with E-state index < -0.39 is 0 Å². The van der Waals surface area contributed by atoms with Crippen molar-refractivity contribution < 1.29 is 4.79 Å². The Morgan fingerprint density at radius 2 is 2.09 bits per heavy atom. The number of amides is 1. The summed E-state index contributed by atoms with van der Waals surface area (Å²) < 4.78 is 0. The van der Waals surface area contributed by atoms with Gasteiger partial charge in [-0.15, -0.1) is 0 Å². The highest BCUT2D eigenvalue weighted by molar-refractivity contribution is 6.42. The van der Waals surface area contributed by atoms with Crippen LogP contribution in [0.3, 0.4) is 0 Å². The van der Waals surface area contributed by atoms with Gasteiger partial charge in [-0.1, -0.05) is 41.4 Å². The molecule has 0 aliphatic heterocycles. The van der Waals surface area contributed by atoms with Crippen LogP contribution in [0.25, 0.3) is 0 Å². The largest absolute Gasteiger partial charge is 0.351 e.